The van der Waals surface area contributed by atoms with Gasteiger partial charge in [-0.3, -0.25) is 4.79 Å². The van der Waals surface area contributed by atoms with Crippen LogP contribution in [0.25, 0.3) is 0 Å². The highest BCUT2D eigenvalue weighted by Gasteiger charge is 2.20. The van der Waals surface area contributed by atoms with E-state index in [9.17, 15) is 4.79 Å². The largest absolute Gasteiger partial charge is 0.361 e. The number of nitrogens with one attached hydrogen (secondary N) is 2. The van der Waals surface area contributed by atoms with Crippen molar-refractivity contribution in [2.45, 2.75) is 3.92 Å². The van der Waals surface area contributed by atoms with Crippen LogP contribution in [0.2, 0.25) is 0 Å². The number of hydrogen-bond donors (Lipinski definition) is 2. The van der Waals surface area contributed by atoms with Crippen LogP contribution >= 0.6 is 34.8 Å². The number of thiocarbonyl (C=S) groups is 1. The lowest BCUT2D eigenvalue weighted by Gasteiger charge is -2.18. The van der Waals surface area contributed by atoms with Gasteiger partial charge in [0.25, 0.3) is 0 Å². The van der Waals surface area contributed by atoms with E-state index in [0.717, 1.165) is 0 Å². The zero-order valence-electron chi connectivity index (χ0n) is 4.48. The van der Waals surface area contributed by atoms with Gasteiger partial charge in [0.05, 0.1) is 0 Å². The molecule has 5 heteroatoms. The van der Waals surface area contributed by atoms with Crippen molar-refractivity contribution in [1.82, 2.24) is 10.6 Å². The molecule has 3 nitrogen and oxygen atoms in total. The van der Waals surface area contributed by atoms with Gasteiger partial charge in [-0.1, -0.05) is 22.6 Å². The van der Waals surface area contributed by atoms with E-state index in [4.69, 9.17) is 0 Å². The monoisotopic (exact) mass is 256 g/mol. The third-order valence-corrected chi connectivity index (χ3v) is 2.22. The van der Waals surface area contributed by atoms with E-state index in [1.165, 1.54) is 0 Å². The van der Waals surface area contributed by atoms with Gasteiger partial charge in [-0.25, -0.2) is 0 Å². The van der Waals surface area contributed by atoms with E-state index in [2.05, 4.69) is 45.4 Å². The van der Waals surface area contributed by atoms with E-state index >= 15 is 0 Å². The maximum Gasteiger partial charge on any atom is 0.240 e. The number of amides is 1. The van der Waals surface area contributed by atoms with Gasteiger partial charge in [-0.15, -0.1) is 0 Å². The molecule has 9 heavy (non-hydrogen) atoms. The first-order valence-electron chi connectivity index (χ1n) is 2.43. The summed E-state index contributed by atoms with van der Waals surface area (Å²) in [4.78, 5) is 10.8. The molecule has 1 heterocycles. The molecule has 1 unspecified atom stereocenters. The summed E-state index contributed by atoms with van der Waals surface area (Å²) in [7, 11) is 0. The first-order valence-corrected chi connectivity index (χ1v) is 4.08. The third kappa shape index (κ3) is 1.75. The summed E-state index contributed by atoms with van der Waals surface area (Å²) >= 11 is 6.75. The average molecular weight is 256 g/mol. The lowest BCUT2D eigenvalue weighted by atomic mass is 10.3. The van der Waals surface area contributed by atoms with Crippen LogP contribution in [0.3, 0.4) is 0 Å². The Kier molecular flexibility index (Phi) is 2.23. The average Bonchev–Trinajstić information content (AvgIpc) is 1.80. The minimum Gasteiger partial charge on any atom is -0.361 e. The van der Waals surface area contributed by atoms with Crippen molar-refractivity contribution in [1.29, 1.82) is 0 Å². The van der Waals surface area contributed by atoms with Crippen molar-refractivity contribution < 1.29 is 4.79 Å². The topological polar surface area (TPSA) is 41.1 Å². The van der Waals surface area contributed by atoms with Crippen LogP contribution in [0.5, 0.6) is 0 Å². The molecule has 0 bridgehead atoms. The van der Waals surface area contributed by atoms with Crippen LogP contribution in [-0.2, 0) is 4.79 Å². The lowest BCUT2D eigenvalue weighted by Crippen LogP contribution is -2.52. The van der Waals surface area contributed by atoms with E-state index in [0.29, 0.717) is 11.7 Å². The van der Waals surface area contributed by atoms with E-state index < -0.39 is 0 Å². The summed E-state index contributed by atoms with van der Waals surface area (Å²) in [5.41, 5.74) is 0. The first-order chi connectivity index (χ1) is 4.20. The van der Waals surface area contributed by atoms with Crippen LogP contribution in [0.15, 0.2) is 0 Å². The van der Waals surface area contributed by atoms with Crippen molar-refractivity contribution in [2.24, 2.45) is 0 Å². The number of carbonyl (C=O) groups is 1. The van der Waals surface area contributed by atoms with E-state index in [1.807, 2.05) is 0 Å². The zero-order chi connectivity index (χ0) is 6.85. The Balaban J connectivity index is 2.54. The molecule has 2 N–H and O–H groups in total. The fourth-order valence-corrected chi connectivity index (χ4v) is 1.07. The molecule has 0 radical (unpaired) electrons. The molecule has 1 amide bonds. The van der Waals surface area contributed by atoms with Gasteiger partial charge >= 0.3 is 0 Å². The van der Waals surface area contributed by atoms with Crippen molar-refractivity contribution in [3.63, 3.8) is 0 Å². The molecule has 1 aliphatic rings. The minimum atomic E-state index is -0.000602. The Labute approximate surface area is 71.7 Å². The predicted molar refractivity (Wildman–Crippen MR) is 46.6 cm³/mol. The summed E-state index contributed by atoms with van der Waals surface area (Å²) in [5.74, 6) is -0.000602. The van der Waals surface area contributed by atoms with Crippen LogP contribution < -0.4 is 10.6 Å². The van der Waals surface area contributed by atoms with Gasteiger partial charge in [0.2, 0.25) is 5.91 Å². The molecule has 0 saturated carbocycles. The SMILES string of the molecule is O=C1NC(=S)NCC1I. The summed E-state index contributed by atoms with van der Waals surface area (Å²) in [6.45, 7) is 0.644. The zero-order valence-corrected chi connectivity index (χ0v) is 7.45. The van der Waals surface area contributed by atoms with Gasteiger partial charge in [0, 0.05) is 6.54 Å². The van der Waals surface area contributed by atoms with Crippen LogP contribution in [0.4, 0.5) is 0 Å². The van der Waals surface area contributed by atoms with Gasteiger partial charge < -0.3 is 10.6 Å². The molecule has 0 aromatic heterocycles. The smallest absolute Gasteiger partial charge is 0.240 e. The Bertz CT molecular complexity index is 161. The van der Waals surface area contributed by atoms with Crippen molar-refractivity contribution in [3.8, 4) is 0 Å². The fraction of sp³-hybridized carbons (Fsp3) is 0.500. The molecule has 0 spiro atoms. The maximum atomic E-state index is 10.8. The Morgan fingerprint density at radius 1 is 1.78 bits per heavy atom. The number of carbonyl (C=O) groups excluding carboxylic acids is 1. The number of rotatable bonds is 0. The molecular weight excluding hydrogens is 251 g/mol. The summed E-state index contributed by atoms with van der Waals surface area (Å²) in [5, 5.41) is 5.79. The van der Waals surface area contributed by atoms with E-state index in [1.54, 1.807) is 0 Å². The van der Waals surface area contributed by atoms with Crippen molar-refractivity contribution in [2.75, 3.05) is 6.54 Å². The second kappa shape index (κ2) is 2.78. The predicted octanol–water partition coefficient (Wildman–Crippen LogP) is -0.206. The molecule has 1 atom stereocenters. The standard InChI is InChI=1S/C4H5IN2OS/c5-2-1-6-4(9)7-3(2)8/h2H,1H2,(H2,6,7,8,9). The molecule has 50 valence electrons. The fourth-order valence-electron chi connectivity index (χ4n) is 0.509. The van der Waals surface area contributed by atoms with Gasteiger partial charge in [0.15, 0.2) is 5.11 Å². The highest BCUT2D eigenvalue weighted by molar-refractivity contribution is 14.1. The van der Waals surface area contributed by atoms with Crippen molar-refractivity contribution in [3.05, 3.63) is 0 Å². The number of alkyl halides is 1. The Morgan fingerprint density at radius 3 is 2.89 bits per heavy atom. The molecule has 1 rings (SSSR count). The first kappa shape index (κ1) is 7.20. The minimum absolute atomic E-state index is 0.000602. The second-order valence-corrected chi connectivity index (χ2v) is 3.58. The highest BCUT2D eigenvalue weighted by Crippen LogP contribution is 2.01. The molecule has 1 fully saturated rings. The Morgan fingerprint density at radius 2 is 2.44 bits per heavy atom. The number of halogens is 1. The van der Waals surface area contributed by atoms with Crippen LogP contribution in [-0.4, -0.2) is 21.5 Å². The van der Waals surface area contributed by atoms with Crippen LogP contribution in [0.1, 0.15) is 0 Å². The third-order valence-electron chi connectivity index (χ3n) is 0.963. The Hall–Kier alpha value is 0.0900. The van der Waals surface area contributed by atoms with Gasteiger partial charge in [-0.2, -0.15) is 0 Å². The molecule has 0 aliphatic carbocycles. The molecular formula is C4H5IN2OS. The molecule has 1 saturated heterocycles. The molecule has 0 aromatic rings. The number of hydrogen-bond acceptors (Lipinski definition) is 2. The molecule has 0 aromatic carbocycles. The summed E-state index contributed by atoms with van der Waals surface area (Å²) < 4.78 is 0.00861. The normalized spacial score (nSPS) is 27.0. The molecule has 1 aliphatic heterocycles. The second-order valence-electron chi connectivity index (χ2n) is 1.67. The quantitative estimate of drug-likeness (QED) is 0.358. The summed E-state index contributed by atoms with van der Waals surface area (Å²) in [6, 6.07) is 0. The summed E-state index contributed by atoms with van der Waals surface area (Å²) in [6.07, 6.45) is 0. The maximum absolute atomic E-state index is 10.8. The van der Waals surface area contributed by atoms with E-state index in [-0.39, 0.29) is 9.83 Å². The van der Waals surface area contributed by atoms with Crippen molar-refractivity contribution >= 4 is 45.8 Å². The van der Waals surface area contributed by atoms with Gasteiger partial charge in [0.1, 0.15) is 3.92 Å². The van der Waals surface area contributed by atoms with Crippen LogP contribution in [0, 0.1) is 0 Å². The lowest BCUT2D eigenvalue weighted by molar-refractivity contribution is -0.119. The van der Waals surface area contributed by atoms with Gasteiger partial charge in [-0.05, 0) is 12.2 Å². The highest BCUT2D eigenvalue weighted by atomic mass is 127.